The van der Waals surface area contributed by atoms with Gasteiger partial charge in [-0.3, -0.25) is 19.6 Å². The average Bonchev–Trinajstić information content (AvgIpc) is 3.11. The second-order valence-corrected chi connectivity index (χ2v) is 9.78. The van der Waals surface area contributed by atoms with E-state index >= 15 is 0 Å². The van der Waals surface area contributed by atoms with Crippen molar-refractivity contribution in [1.82, 2.24) is 20.0 Å². The maximum atomic E-state index is 12.4. The van der Waals surface area contributed by atoms with Crippen molar-refractivity contribution in [3.05, 3.63) is 23.9 Å². The number of piperidine rings is 3. The predicted octanol–water partition coefficient (Wildman–Crippen LogP) is 1.73. The normalized spacial score (nSPS) is 24.3. The molecule has 1 aromatic heterocycles. The number of aromatic nitrogens is 2. The van der Waals surface area contributed by atoms with Crippen molar-refractivity contribution in [3.63, 3.8) is 0 Å². The molecule has 5 rings (SSSR count). The van der Waals surface area contributed by atoms with Crippen molar-refractivity contribution >= 4 is 28.4 Å². The van der Waals surface area contributed by atoms with Gasteiger partial charge in [0, 0.05) is 50.2 Å². The van der Waals surface area contributed by atoms with Crippen LogP contribution < -0.4 is 16.0 Å². The lowest BCUT2D eigenvalue weighted by atomic mass is 9.92. The lowest BCUT2D eigenvalue weighted by Crippen LogP contribution is -2.44. The summed E-state index contributed by atoms with van der Waals surface area (Å²) in [6.45, 7) is 5.64. The van der Waals surface area contributed by atoms with Crippen LogP contribution in [0.5, 0.6) is 0 Å². The first-order chi connectivity index (χ1) is 15.5. The van der Waals surface area contributed by atoms with Crippen LogP contribution in [0.1, 0.15) is 50.1 Å². The molecule has 8 heteroatoms. The molecule has 1 aromatic carbocycles. The van der Waals surface area contributed by atoms with Crippen LogP contribution in [-0.2, 0) is 16.6 Å². The summed E-state index contributed by atoms with van der Waals surface area (Å²) in [6, 6.07) is 6.85. The zero-order chi connectivity index (χ0) is 22.2. The van der Waals surface area contributed by atoms with Gasteiger partial charge in [-0.2, -0.15) is 5.10 Å². The van der Waals surface area contributed by atoms with Gasteiger partial charge in [0.1, 0.15) is 0 Å². The fourth-order valence-corrected chi connectivity index (χ4v) is 5.56. The highest BCUT2D eigenvalue weighted by Crippen LogP contribution is 2.33. The molecule has 0 spiro atoms. The molecule has 3 fully saturated rings. The number of fused-ring (bicyclic) bond motifs is 1. The van der Waals surface area contributed by atoms with E-state index < -0.39 is 0 Å². The number of nitrogens with two attached hydrogens (primary N) is 1. The summed E-state index contributed by atoms with van der Waals surface area (Å²) in [5.41, 5.74) is 9.08. The van der Waals surface area contributed by atoms with E-state index in [2.05, 4.69) is 38.4 Å². The minimum Gasteiger partial charge on any atom is -0.371 e. The van der Waals surface area contributed by atoms with Gasteiger partial charge in [-0.1, -0.05) is 0 Å². The van der Waals surface area contributed by atoms with E-state index in [1.807, 2.05) is 11.7 Å². The van der Waals surface area contributed by atoms with Crippen molar-refractivity contribution in [1.29, 1.82) is 0 Å². The molecule has 32 heavy (non-hydrogen) atoms. The SMILES string of the molecule is Cn1nc(C2CCC(=O)NC2=O)c2ccc(N3CCC(CN4CCC(N)CC4)CC3)cc21. The highest BCUT2D eigenvalue weighted by atomic mass is 16.2. The average molecular weight is 439 g/mol. The molecule has 0 saturated carbocycles. The van der Waals surface area contributed by atoms with Crippen LogP contribution in [0.25, 0.3) is 10.9 Å². The molecule has 2 aromatic rings. The van der Waals surface area contributed by atoms with Gasteiger partial charge in [0.2, 0.25) is 11.8 Å². The molecule has 3 saturated heterocycles. The molecule has 3 N–H and O–H groups in total. The number of rotatable bonds is 4. The molecule has 4 heterocycles. The zero-order valence-corrected chi connectivity index (χ0v) is 18.9. The highest BCUT2D eigenvalue weighted by Gasteiger charge is 2.32. The summed E-state index contributed by atoms with van der Waals surface area (Å²) in [6.07, 6.45) is 5.58. The van der Waals surface area contributed by atoms with Crippen molar-refractivity contribution in [2.45, 2.75) is 50.5 Å². The minimum atomic E-state index is -0.359. The van der Waals surface area contributed by atoms with Gasteiger partial charge in [0.05, 0.1) is 17.1 Å². The van der Waals surface area contributed by atoms with E-state index in [4.69, 9.17) is 5.73 Å². The van der Waals surface area contributed by atoms with Crippen LogP contribution in [0.4, 0.5) is 5.69 Å². The summed E-state index contributed by atoms with van der Waals surface area (Å²) < 4.78 is 1.87. The van der Waals surface area contributed by atoms with Crippen LogP contribution in [0.15, 0.2) is 18.2 Å². The number of anilines is 1. The topological polar surface area (TPSA) is 96.5 Å². The van der Waals surface area contributed by atoms with E-state index in [9.17, 15) is 9.59 Å². The number of amides is 2. The Balaban J connectivity index is 1.25. The van der Waals surface area contributed by atoms with E-state index in [0.29, 0.717) is 18.9 Å². The van der Waals surface area contributed by atoms with Crippen LogP contribution in [0, 0.1) is 5.92 Å². The van der Waals surface area contributed by atoms with E-state index in [1.165, 1.54) is 25.1 Å². The molecule has 8 nitrogen and oxygen atoms in total. The number of nitrogens with zero attached hydrogens (tertiary/aromatic N) is 4. The fourth-order valence-electron chi connectivity index (χ4n) is 5.56. The molecule has 3 aliphatic heterocycles. The Kier molecular flexibility index (Phi) is 5.90. The minimum absolute atomic E-state index is 0.193. The zero-order valence-electron chi connectivity index (χ0n) is 18.9. The van der Waals surface area contributed by atoms with Crippen LogP contribution in [0.3, 0.4) is 0 Å². The first-order valence-electron chi connectivity index (χ1n) is 12.0. The second kappa shape index (κ2) is 8.83. The number of carbonyl (C=O) groups is 2. The van der Waals surface area contributed by atoms with E-state index in [0.717, 1.165) is 61.5 Å². The second-order valence-electron chi connectivity index (χ2n) is 9.78. The first-order valence-corrected chi connectivity index (χ1v) is 12.0. The number of benzene rings is 1. The summed E-state index contributed by atoms with van der Waals surface area (Å²) in [7, 11) is 1.93. The predicted molar refractivity (Wildman–Crippen MR) is 124 cm³/mol. The van der Waals surface area contributed by atoms with Crippen molar-refractivity contribution in [2.24, 2.45) is 18.7 Å². The lowest BCUT2D eigenvalue weighted by molar-refractivity contribution is -0.134. The number of hydrogen-bond acceptors (Lipinski definition) is 6. The Hall–Kier alpha value is -2.45. The number of imide groups is 1. The molecule has 1 atom stereocenters. The van der Waals surface area contributed by atoms with Crippen molar-refractivity contribution < 1.29 is 9.59 Å². The van der Waals surface area contributed by atoms with Gasteiger partial charge in [-0.25, -0.2) is 0 Å². The molecule has 172 valence electrons. The summed E-state index contributed by atoms with van der Waals surface area (Å²) >= 11 is 0. The molecule has 2 amide bonds. The van der Waals surface area contributed by atoms with Crippen LogP contribution in [0.2, 0.25) is 0 Å². The summed E-state index contributed by atoms with van der Waals surface area (Å²) in [4.78, 5) is 29.0. The Bertz CT molecular complexity index is 1000. The van der Waals surface area contributed by atoms with E-state index in [1.54, 1.807) is 0 Å². The third-order valence-electron chi connectivity index (χ3n) is 7.56. The number of hydrogen-bond donors (Lipinski definition) is 2. The monoisotopic (exact) mass is 438 g/mol. The third-order valence-corrected chi connectivity index (χ3v) is 7.56. The first kappa shape index (κ1) is 21.4. The van der Waals surface area contributed by atoms with Gasteiger partial charge >= 0.3 is 0 Å². The molecular weight excluding hydrogens is 404 g/mol. The molecule has 0 aliphatic carbocycles. The smallest absolute Gasteiger partial charge is 0.235 e. The standard InChI is InChI=1S/C24H34N6O2/c1-28-21-14-18(2-3-19(21)23(27-28)20-4-5-22(31)26-24(20)32)30-12-6-16(7-13-30)15-29-10-8-17(25)9-11-29/h2-3,14,16-17,20H,4-13,15,25H2,1H3,(H,26,31,32). The third kappa shape index (κ3) is 4.26. The number of carbonyl (C=O) groups excluding carboxylic acids is 2. The fraction of sp³-hybridized carbons (Fsp3) is 0.625. The number of aryl methyl sites for hydroxylation is 1. The van der Waals surface area contributed by atoms with Gasteiger partial charge < -0.3 is 15.5 Å². The lowest BCUT2D eigenvalue weighted by Gasteiger charge is -2.38. The molecule has 1 unspecified atom stereocenters. The van der Waals surface area contributed by atoms with Gasteiger partial charge in [0.25, 0.3) is 0 Å². The maximum absolute atomic E-state index is 12.4. The molecule has 0 radical (unpaired) electrons. The van der Waals surface area contributed by atoms with Crippen LogP contribution >= 0.6 is 0 Å². The van der Waals surface area contributed by atoms with Gasteiger partial charge in [-0.15, -0.1) is 0 Å². The Morgan fingerprint density at radius 2 is 1.81 bits per heavy atom. The van der Waals surface area contributed by atoms with Gasteiger partial charge in [0.15, 0.2) is 0 Å². The maximum Gasteiger partial charge on any atom is 0.235 e. The van der Waals surface area contributed by atoms with E-state index in [-0.39, 0.29) is 17.7 Å². The number of likely N-dealkylation sites (tertiary alicyclic amines) is 1. The quantitative estimate of drug-likeness (QED) is 0.706. The highest BCUT2D eigenvalue weighted by molar-refractivity contribution is 6.02. The number of nitrogens with one attached hydrogen (secondary N) is 1. The van der Waals surface area contributed by atoms with Crippen molar-refractivity contribution in [3.8, 4) is 0 Å². The Morgan fingerprint density at radius 3 is 2.53 bits per heavy atom. The Morgan fingerprint density at radius 1 is 1.06 bits per heavy atom. The Labute approximate surface area is 189 Å². The van der Waals surface area contributed by atoms with Gasteiger partial charge in [-0.05, 0) is 69.3 Å². The molecule has 0 bridgehead atoms. The largest absolute Gasteiger partial charge is 0.371 e. The summed E-state index contributed by atoms with van der Waals surface area (Å²) in [5.74, 6) is -0.0217. The van der Waals surface area contributed by atoms with Crippen molar-refractivity contribution in [2.75, 3.05) is 37.6 Å². The summed E-state index contributed by atoms with van der Waals surface area (Å²) in [5, 5.41) is 8.13. The van der Waals surface area contributed by atoms with Crippen LogP contribution in [-0.4, -0.2) is 65.3 Å². The molecule has 3 aliphatic rings. The molecular formula is C24H34N6O2.